The quantitative estimate of drug-likeness (QED) is 0.654. The zero-order chi connectivity index (χ0) is 13.8. The third kappa shape index (κ3) is 3.02. The highest BCUT2D eigenvalue weighted by Gasteiger charge is 2.21. The lowest BCUT2D eigenvalue weighted by molar-refractivity contribution is 0.513. The molecule has 0 fully saturated rings. The van der Waals surface area contributed by atoms with Gasteiger partial charge in [0.15, 0.2) is 0 Å². The van der Waals surface area contributed by atoms with Crippen LogP contribution in [0.3, 0.4) is 0 Å². The van der Waals surface area contributed by atoms with Crippen molar-refractivity contribution in [1.82, 2.24) is 20.2 Å². The van der Waals surface area contributed by atoms with Gasteiger partial charge in [0, 0.05) is 12.2 Å². The van der Waals surface area contributed by atoms with E-state index in [9.17, 15) is 0 Å². The van der Waals surface area contributed by atoms with Gasteiger partial charge >= 0.3 is 0 Å². The van der Waals surface area contributed by atoms with Crippen molar-refractivity contribution < 1.29 is 0 Å². The molecular weight excluding hydrogens is 306 g/mol. The van der Waals surface area contributed by atoms with Crippen LogP contribution in [0.25, 0.3) is 0 Å². The van der Waals surface area contributed by atoms with Gasteiger partial charge in [-0.15, -0.1) is 0 Å². The molecule has 5 nitrogen and oxygen atoms in total. The number of nitrogens with one attached hydrogen (secondary N) is 1. The van der Waals surface area contributed by atoms with E-state index >= 15 is 0 Å². The van der Waals surface area contributed by atoms with Gasteiger partial charge in [0.1, 0.15) is 6.04 Å². The Hall–Kier alpha value is -1.24. The first-order valence-electron chi connectivity index (χ1n) is 6.28. The van der Waals surface area contributed by atoms with Gasteiger partial charge in [-0.3, -0.25) is 15.5 Å². The van der Waals surface area contributed by atoms with Gasteiger partial charge in [0.2, 0.25) is 0 Å². The molecule has 0 spiro atoms. The standard InChI is InChI=1S/C13H18BrN5/c1-3-7-19-13(10(14)8-16-19)12(18-15)11-6-4-5-9(2)17-11/h4-6,8,12,18H,3,7,15H2,1-2H3. The zero-order valence-electron chi connectivity index (χ0n) is 11.1. The summed E-state index contributed by atoms with van der Waals surface area (Å²) in [5.74, 6) is 5.73. The predicted octanol–water partition coefficient (Wildman–Crippen LogP) is 2.31. The molecule has 0 saturated carbocycles. The summed E-state index contributed by atoms with van der Waals surface area (Å²) in [5.41, 5.74) is 5.69. The second-order valence-corrected chi connectivity index (χ2v) is 5.26. The van der Waals surface area contributed by atoms with Gasteiger partial charge < -0.3 is 0 Å². The summed E-state index contributed by atoms with van der Waals surface area (Å²) in [7, 11) is 0. The van der Waals surface area contributed by atoms with Gasteiger partial charge in [-0.25, -0.2) is 5.43 Å². The molecule has 2 aromatic rings. The van der Waals surface area contributed by atoms with Crippen LogP contribution in [0.2, 0.25) is 0 Å². The molecule has 0 amide bonds. The van der Waals surface area contributed by atoms with Crippen molar-refractivity contribution in [3.8, 4) is 0 Å². The first-order valence-corrected chi connectivity index (χ1v) is 7.07. The molecule has 0 bridgehead atoms. The van der Waals surface area contributed by atoms with E-state index in [1.807, 2.05) is 29.8 Å². The summed E-state index contributed by atoms with van der Waals surface area (Å²) in [6.07, 6.45) is 2.81. The van der Waals surface area contributed by atoms with Gasteiger partial charge in [0.25, 0.3) is 0 Å². The van der Waals surface area contributed by atoms with Crippen molar-refractivity contribution in [2.45, 2.75) is 32.9 Å². The first-order chi connectivity index (χ1) is 9.17. The van der Waals surface area contributed by atoms with E-state index in [1.165, 1.54) is 0 Å². The van der Waals surface area contributed by atoms with Crippen LogP contribution < -0.4 is 11.3 Å². The minimum Gasteiger partial charge on any atom is -0.270 e. The smallest absolute Gasteiger partial charge is 0.106 e. The number of aromatic nitrogens is 3. The van der Waals surface area contributed by atoms with Crippen LogP contribution in [0, 0.1) is 6.92 Å². The number of halogens is 1. The molecule has 19 heavy (non-hydrogen) atoms. The van der Waals surface area contributed by atoms with Crippen molar-refractivity contribution in [2.75, 3.05) is 0 Å². The molecule has 3 N–H and O–H groups in total. The number of pyridine rings is 1. The van der Waals surface area contributed by atoms with Crippen LogP contribution in [0.1, 0.15) is 36.5 Å². The van der Waals surface area contributed by atoms with Crippen molar-refractivity contribution in [3.05, 3.63) is 46.0 Å². The Morgan fingerprint density at radius 1 is 1.47 bits per heavy atom. The van der Waals surface area contributed by atoms with Crippen molar-refractivity contribution >= 4 is 15.9 Å². The molecule has 0 aliphatic rings. The molecule has 2 heterocycles. The average molecular weight is 324 g/mol. The zero-order valence-corrected chi connectivity index (χ0v) is 12.7. The molecule has 6 heteroatoms. The highest BCUT2D eigenvalue weighted by Crippen LogP contribution is 2.27. The fraction of sp³-hybridized carbons (Fsp3) is 0.385. The Labute approximate surface area is 121 Å². The van der Waals surface area contributed by atoms with Gasteiger partial charge in [-0.2, -0.15) is 5.10 Å². The first kappa shape index (κ1) is 14.2. The van der Waals surface area contributed by atoms with E-state index in [0.717, 1.165) is 34.5 Å². The number of hydrogen-bond acceptors (Lipinski definition) is 4. The number of aryl methyl sites for hydroxylation is 2. The maximum atomic E-state index is 5.73. The summed E-state index contributed by atoms with van der Waals surface area (Å²) in [6.45, 7) is 4.94. The highest BCUT2D eigenvalue weighted by molar-refractivity contribution is 9.10. The number of hydrazine groups is 1. The topological polar surface area (TPSA) is 68.8 Å². The van der Waals surface area contributed by atoms with Crippen LogP contribution in [-0.2, 0) is 6.54 Å². The van der Waals surface area contributed by atoms with Crippen molar-refractivity contribution in [1.29, 1.82) is 0 Å². The monoisotopic (exact) mass is 323 g/mol. The Morgan fingerprint density at radius 2 is 2.26 bits per heavy atom. The fourth-order valence-electron chi connectivity index (χ4n) is 2.08. The van der Waals surface area contributed by atoms with Crippen LogP contribution in [-0.4, -0.2) is 14.8 Å². The van der Waals surface area contributed by atoms with E-state index in [2.05, 4.69) is 38.4 Å². The third-order valence-electron chi connectivity index (χ3n) is 2.91. The maximum absolute atomic E-state index is 5.73. The molecule has 1 atom stereocenters. The van der Waals surface area contributed by atoms with Gasteiger partial charge in [0.05, 0.1) is 22.1 Å². The maximum Gasteiger partial charge on any atom is 0.106 e. The lowest BCUT2D eigenvalue weighted by Crippen LogP contribution is -2.31. The van der Waals surface area contributed by atoms with E-state index in [1.54, 1.807) is 6.20 Å². The summed E-state index contributed by atoms with van der Waals surface area (Å²) < 4.78 is 2.89. The summed E-state index contributed by atoms with van der Waals surface area (Å²) in [4.78, 5) is 4.54. The molecule has 2 aromatic heterocycles. The SMILES string of the molecule is CCCn1ncc(Br)c1C(NN)c1cccc(C)n1. The van der Waals surface area contributed by atoms with Crippen molar-refractivity contribution in [2.24, 2.45) is 5.84 Å². The minimum atomic E-state index is -0.177. The minimum absolute atomic E-state index is 0.177. The molecule has 1 unspecified atom stereocenters. The van der Waals surface area contributed by atoms with Gasteiger partial charge in [-0.05, 0) is 41.4 Å². The third-order valence-corrected chi connectivity index (χ3v) is 3.53. The van der Waals surface area contributed by atoms with Crippen LogP contribution in [0.15, 0.2) is 28.9 Å². The Balaban J connectivity index is 2.44. The molecular formula is C13H18BrN5. The molecule has 0 radical (unpaired) electrons. The molecule has 102 valence electrons. The van der Waals surface area contributed by atoms with E-state index < -0.39 is 0 Å². The Bertz CT molecular complexity index is 552. The lowest BCUT2D eigenvalue weighted by atomic mass is 10.1. The number of nitrogens with two attached hydrogens (primary N) is 1. The van der Waals surface area contributed by atoms with E-state index in [4.69, 9.17) is 5.84 Å². The molecule has 0 aliphatic carbocycles. The van der Waals surface area contributed by atoms with E-state index in [0.29, 0.717) is 0 Å². The number of rotatable bonds is 5. The Morgan fingerprint density at radius 3 is 2.89 bits per heavy atom. The van der Waals surface area contributed by atoms with Gasteiger partial charge in [-0.1, -0.05) is 13.0 Å². The molecule has 0 aliphatic heterocycles. The number of hydrogen-bond donors (Lipinski definition) is 2. The predicted molar refractivity (Wildman–Crippen MR) is 78.4 cm³/mol. The summed E-state index contributed by atoms with van der Waals surface area (Å²) >= 11 is 3.54. The Kier molecular flexibility index (Phi) is 4.68. The highest BCUT2D eigenvalue weighted by atomic mass is 79.9. The summed E-state index contributed by atoms with van der Waals surface area (Å²) in [5, 5.41) is 4.37. The fourth-order valence-corrected chi connectivity index (χ4v) is 2.60. The second kappa shape index (κ2) is 6.27. The molecule has 2 rings (SSSR count). The lowest BCUT2D eigenvalue weighted by Gasteiger charge is -2.18. The van der Waals surface area contributed by atoms with Crippen LogP contribution in [0.5, 0.6) is 0 Å². The molecule has 0 saturated heterocycles. The van der Waals surface area contributed by atoms with Crippen LogP contribution in [0.4, 0.5) is 0 Å². The number of nitrogens with zero attached hydrogens (tertiary/aromatic N) is 3. The van der Waals surface area contributed by atoms with Crippen LogP contribution >= 0.6 is 15.9 Å². The summed E-state index contributed by atoms with van der Waals surface area (Å²) in [6, 6.07) is 5.74. The normalized spacial score (nSPS) is 12.6. The van der Waals surface area contributed by atoms with E-state index in [-0.39, 0.29) is 6.04 Å². The second-order valence-electron chi connectivity index (χ2n) is 4.40. The largest absolute Gasteiger partial charge is 0.270 e. The van der Waals surface area contributed by atoms with Crippen molar-refractivity contribution in [3.63, 3.8) is 0 Å². The average Bonchev–Trinajstić information content (AvgIpc) is 2.74. The molecule has 0 aromatic carbocycles.